The van der Waals surface area contributed by atoms with E-state index in [1.807, 2.05) is 0 Å². The number of thioether (sulfide) groups is 1. The number of hydrogen-bond donors (Lipinski definition) is 0. The van der Waals surface area contributed by atoms with Gasteiger partial charge in [0.1, 0.15) is 13.2 Å². The van der Waals surface area contributed by atoms with Gasteiger partial charge in [0.25, 0.3) is 10.1 Å². The summed E-state index contributed by atoms with van der Waals surface area (Å²) in [6, 6.07) is 0. The van der Waals surface area contributed by atoms with Crippen molar-refractivity contribution >= 4 is 56.7 Å². The molecule has 0 rings (SSSR count). The monoisotopic (exact) mass is 574 g/mol. The second kappa shape index (κ2) is 29.5. The number of rotatable bonds is 15. The van der Waals surface area contributed by atoms with E-state index >= 15 is 0 Å². The van der Waals surface area contributed by atoms with Crippen LogP contribution in [0.25, 0.3) is 0 Å². The minimum atomic E-state index is -3.38. The van der Waals surface area contributed by atoms with Crippen LogP contribution in [0, 0.1) is 0 Å². The minimum absolute atomic E-state index is 0. The van der Waals surface area contributed by atoms with E-state index in [2.05, 4.69) is 26.3 Å². The molecule has 0 amide bonds. The molecular weight excluding hydrogens is 539 g/mol. The van der Waals surface area contributed by atoms with Crippen molar-refractivity contribution in [3.05, 3.63) is 0 Å². The minimum Gasteiger partial charge on any atom is -0.742 e. The molecule has 0 unspecified atom stereocenters. The molecule has 0 aliphatic carbocycles. The van der Waals surface area contributed by atoms with Crippen LogP contribution in [0.1, 0.15) is 40.5 Å². The van der Waals surface area contributed by atoms with Gasteiger partial charge >= 0.3 is 63.3 Å². The van der Waals surface area contributed by atoms with Crippen molar-refractivity contribution in [3.63, 3.8) is 0 Å². The Hall–Kier alpha value is 0.316. The zero-order valence-electron chi connectivity index (χ0n) is 20.8. The second-order valence-electron chi connectivity index (χ2n) is 5.78. The zero-order chi connectivity index (χ0) is 26.1. The average Bonchev–Trinajstić information content (AvgIpc) is 2.67. The van der Waals surface area contributed by atoms with E-state index in [4.69, 9.17) is 9.47 Å². The van der Waals surface area contributed by atoms with E-state index in [1.54, 1.807) is 13.8 Å². The van der Waals surface area contributed by atoms with Crippen molar-refractivity contribution in [2.75, 3.05) is 58.3 Å². The first-order valence-corrected chi connectivity index (χ1v) is 13.2. The first-order valence-electron chi connectivity index (χ1n) is 9.97. The molecular formula is C19H35KO11S3. The first kappa shape index (κ1) is 41.4. The Morgan fingerprint density at radius 1 is 0.824 bits per heavy atom. The molecule has 0 radical (unpaired) electrons. The predicted molar refractivity (Wildman–Crippen MR) is 126 cm³/mol. The molecule has 0 aliphatic heterocycles. The average molecular weight is 575 g/mol. The maximum atomic E-state index is 10.8. The SMILES string of the molecule is CC(=O)[S-].CCOC(=O)COCCCOS(C)(=O)=O.CCOC(=O)COCCCSC(C)=O.[K+]. The third kappa shape index (κ3) is 49.4. The van der Waals surface area contributed by atoms with Gasteiger partial charge in [0.05, 0.1) is 26.1 Å². The van der Waals surface area contributed by atoms with Crippen LogP contribution in [-0.2, 0) is 65.1 Å². The Balaban J connectivity index is -0.000000223. The van der Waals surface area contributed by atoms with Crippen LogP contribution in [0.4, 0.5) is 0 Å². The number of hydrogen-bond acceptors (Lipinski definition) is 13. The van der Waals surface area contributed by atoms with Gasteiger partial charge in [-0.25, -0.2) is 9.59 Å². The smallest absolute Gasteiger partial charge is 0.742 e. The summed E-state index contributed by atoms with van der Waals surface area (Å²) < 4.78 is 44.7. The number of esters is 2. The standard InChI is InChI=1S/C9H16O4S.C8H16O6S.C2H4OS.K/c1-3-13-9(11)7-12-5-4-6-14-8(2)10;1-3-13-8(9)7-12-5-4-6-14-15(2,10)11;1-2(3)4;/h3-7H2,1-2H3;3-7H2,1-2H3;1H3,(H,3,4);/q;;;+1/p-1. The molecule has 0 aliphatic rings. The Labute approximate surface area is 255 Å². The van der Waals surface area contributed by atoms with Crippen molar-refractivity contribution in [2.45, 2.75) is 40.5 Å². The van der Waals surface area contributed by atoms with Crippen LogP contribution >= 0.6 is 11.8 Å². The van der Waals surface area contributed by atoms with Crippen molar-refractivity contribution in [2.24, 2.45) is 0 Å². The molecule has 0 aromatic heterocycles. The second-order valence-corrected chi connectivity index (χ2v) is 9.27. The van der Waals surface area contributed by atoms with Gasteiger partial charge in [0.2, 0.25) is 0 Å². The van der Waals surface area contributed by atoms with Crippen molar-refractivity contribution in [1.82, 2.24) is 0 Å². The first-order chi connectivity index (χ1) is 15.4. The normalized spacial score (nSPS) is 9.79. The molecule has 196 valence electrons. The van der Waals surface area contributed by atoms with Gasteiger partial charge in [-0.2, -0.15) is 8.42 Å². The maximum Gasteiger partial charge on any atom is 1.00 e. The molecule has 0 spiro atoms. The van der Waals surface area contributed by atoms with E-state index < -0.39 is 16.1 Å². The molecule has 34 heavy (non-hydrogen) atoms. The number of ether oxygens (including phenoxy) is 4. The van der Waals surface area contributed by atoms with Gasteiger partial charge in [-0.3, -0.25) is 8.98 Å². The Morgan fingerprint density at radius 2 is 1.24 bits per heavy atom. The fourth-order valence-electron chi connectivity index (χ4n) is 1.46. The van der Waals surface area contributed by atoms with Crippen LogP contribution in [0.5, 0.6) is 0 Å². The molecule has 0 N–H and O–H groups in total. The molecule has 0 aromatic carbocycles. The van der Waals surface area contributed by atoms with E-state index in [0.717, 1.165) is 18.4 Å². The van der Waals surface area contributed by atoms with Crippen LogP contribution in [0.2, 0.25) is 0 Å². The molecule has 15 heteroatoms. The molecule has 0 saturated carbocycles. The summed E-state index contributed by atoms with van der Waals surface area (Å²) in [5.41, 5.74) is 0. The molecule has 0 fully saturated rings. The summed E-state index contributed by atoms with van der Waals surface area (Å²) in [6.45, 7) is 7.71. The molecule has 0 bridgehead atoms. The quantitative estimate of drug-likeness (QED) is 0.0716. The van der Waals surface area contributed by atoms with E-state index in [-0.39, 0.29) is 94.0 Å². The Bertz CT molecular complexity index is 639. The third-order valence-electron chi connectivity index (χ3n) is 2.52. The maximum absolute atomic E-state index is 10.8. The summed E-state index contributed by atoms with van der Waals surface area (Å²) in [4.78, 5) is 41.3. The van der Waals surface area contributed by atoms with Crippen LogP contribution in [-0.4, -0.2) is 88.8 Å². The fourth-order valence-corrected chi connectivity index (χ4v) is 2.43. The van der Waals surface area contributed by atoms with Crippen molar-refractivity contribution in [3.8, 4) is 0 Å². The van der Waals surface area contributed by atoms with E-state index in [1.165, 1.54) is 25.6 Å². The fraction of sp³-hybridized carbons (Fsp3) is 0.789. The van der Waals surface area contributed by atoms with Gasteiger partial charge in [-0.15, -0.1) is 0 Å². The molecule has 0 heterocycles. The van der Waals surface area contributed by atoms with Crippen molar-refractivity contribution < 1.29 is 102 Å². The predicted octanol–water partition coefficient (Wildman–Crippen LogP) is -1.75. The molecule has 0 saturated heterocycles. The van der Waals surface area contributed by atoms with Crippen LogP contribution in [0.3, 0.4) is 0 Å². The van der Waals surface area contributed by atoms with Crippen molar-refractivity contribution in [1.29, 1.82) is 0 Å². The number of carbonyl (C=O) groups is 4. The summed E-state index contributed by atoms with van der Waals surface area (Å²) in [7, 11) is -3.38. The molecule has 0 atom stereocenters. The Kier molecular flexibility index (Phi) is 36.0. The van der Waals surface area contributed by atoms with Gasteiger partial charge in [0.15, 0.2) is 5.12 Å². The molecule has 0 aromatic rings. The largest absolute Gasteiger partial charge is 1.00 e. The zero-order valence-corrected chi connectivity index (χ0v) is 26.4. The van der Waals surface area contributed by atoms with Gasteiger partial charge in [0, 0.05) is 31.0 Å². The van der Waals surface area contributed by atoms with Crippen LogP contribution < -0.4 is 51.4 Å². The van der Waals surface area contributed by atoms with Gasteiger partial charge in [-0.05, 0) is 33.6 Å². The van der Waals surface area contributed by atoms with Gasteiger partial charge in [-0.1, -0.05) is 11.8 Å². The third-order valence-corrected chi connectivity index (χ3v) is 4.01. The topological polar surface area (TPSA) is 149 Å². The summed E-state index contributed by atoms with van der Waals surface area (Å²) in [6.07, 6.45) is 2.16. The molecule has 11 nitrogen and oxygen atoms in total. The Morgan fingerprint density at radius 3 is 1.59 bits per heavy atom. The summed E-state index contributed by atoms with van der Waals surface area (Å²) in [5, 5.41) is -0.143. The summed E-state index contributed by atoms with van der Waals surface area (Å²) >= 11 is 5.25. The number of carbonyl (C=O) groups excluding carboxylic acids is 4. The van der Waals surface area contributed by atoms with E-state index in [0.29, 0.717) is 26.2 Å². The van der Waals surface area contributed by atoms with Gasteiger partial charge < -0.3 is 36.4 Å². The van der Waals surface area contributed by atoms with E-state index in [9.17, 15) is 27.6 Å². The van der Waals surface area contributed by atoms with Crippen LogP contribution in [0.15, 0.2) is 0 Å². The summed E-state index contributed by atoms with van der Waals surface area (Å²) in [5.74, 6) is -0.0359.